The van der Waals surface area contributed by atoms with Gasteiger partial charge in [-0.15, -0.1) is 0 Å². The maximum Gasteiger partial charge on any atom is 0.265 e. The predicted molar refractivity (Wildman–Crippen MR) is 87.7 cm³/mol. The van der Waals surface area contributed by atoms with Gasteiger partial charge in [0.25, 0.3) is 5.91 Å². The number of nitrogen functional groups attached to an aromatic ring is 1. The van der Waals surface area contributed by atoms with Gasteiger partial charge < -0.3 is 20.9 Å². The molecule has 1 atom stereocenters. The Labute approximate surface area is 137 Å². The van der Waals surface area contributed by atoms with Gasteiger partial charge in [-0.25, -0.2) is 0 Å². The van der Waals surface area contributed by atoms with Crippen molar-refractivity contribution in [1.29, 1.82) is 0 Å². The van der Waals surface area contributed by atoms with Crippen LogP contribution in [0.2, 0.25) is 10.0 Å². The fraction of sp³-hybridized carbons (Fsp3) is 0.133. The topological polar surface area (TPSA) is 84.6 Å². The van der Waals surface area contributed by atoms with Crippen molar-refractivity contribution in [1.82, 2.24) is 0 Å². The number of carbonyl (C=O) groups excluding carboxylic acids is 1. The van der Waals surface area contributed by atoms with Crippen molar-refractivity contribution in [3.8, 4) is 11.5 Å². The maximum absolute atomic E-state index is 11.2. The van der Waals surface area contributed by atoms with Crippen molar-refractivity contribution in [2.24, 2.45) is 0 Å². The Balaban J connectivity index is 0.000000172. The number of carbonyl (C=O) groups is 1. The minimum atomic E-state index is -0.436. The minimum Gasteiger partial charge on any atom is -0.506 e. The molecule has 22 heavy (non-hydrogen) atoms. The van der Waals surface area contributed by atoms with E-state index in [1.807, 2.05) is 0 Å². The number of rotatable bonds is 0. The number of fused-ring (bicyclic) bond motifs is 1. The molecule has 1 aliphatic heterocycles. The van der Waals surface area contributed by atoms with Gasteiger partial charge in [0.2, 0.25) is 0 Å². The van der Waals surface area contributed by atoms with Gasteiger partial charge in [-0.2, -0.15) is 0 Å². The number of ether oxygens (including phenoxy) is 1. The predicted octanol–water partition coefficient (Wildman–Crippen LogP) is 3.69. The van der Waals surface area contributed by atoms with Crippen LogP contribution in [0.1, 0.15) is 6.92 Å². The number of amides is 1. The number of halogens is 2. The molecule has 1 unspecified atom stereocenters. The monoisotopic (exact) mass is 340 g/mol. The first-order chi connectivity index (χ1) is 10.4. The van der Waals surface area contributed by atoms with Crippen molar-refractivity contribution < 1.29 is 14.6 Å². The van der Waals surface area contributed by atoms with E-state index in [-0.39, 0.29) is 11.7 Å². The zero-order valence-electron chi connectivity index (χ0n) is 11.6. The van der Waals surface area contributed by atoms with Gasteiger partial charge in [0.05, 0.1) is 11.4 Å². The van der Waals surface area contributed by atoms with E-state index >= 15 is 0 Å². The number of phenols is 1. The number of anilines is 2. The van der Waals surface area contributed by atoms with E-state index in [9.17, 15) is 4.79 Å². The van der Waals surface area contributed by atoms with Crippen LogP contribution in [-0.4, -0.2) is 17.1 Å². The van der Waals surface area contributed by atoms with Crippen molar-refractivity contribution in [2.45, 2.75) is 13.0 Å². The van der Waals surface area contributed by atoms with Gasteiger partial charge in [0.15, 0.2) is 6.10 Å². The van der Waals surface area contributed by atoms with Gasteiger partial charge in [-0.3, -0.25) is 4.79 Å². The Morgan fingerprint density at radius 3 is 2.45 bits per heavy atom. The highest BCUT2D eigenvalue weighted by atomic mass is 35.5. The smallest absolute Gasteiger partial charge is 0.265 e. The fourth-order valence-corrected chi connectivity index (χ4v) is 2.06. The molecule has 1 amide bonds. The standard InChI is InChI=1S/C9H8ClNO2.C6H6ClNO/c1-5-9(12)11-7-4-6(10)2-3-8(7)13-5;7-4-1-2-6(9)5(8)3-4/h2-5H,1H3,(H,11,12);1-3,9H,8H2. The van der Waals surface area contributed by atoms with E-state index in [2.05, 4.69) is 5.32 Å². The van der Waals surface area contributed by atoms with Crippen LogP contribution in [0.4, 0.5) is 11.4 Å². The summed E-state index contributed by atoms with van der Waals surface area (Å²) in [5.74, 6) is 0.589. The first-order valence-corrected chi connectivity index (χ1v) is 7.13. The summed E-state index contributed by atoms with van der Waals surface area (Å²) in [5.41, 5.74) is 6.23. The summed E-state index contributed by atoms with van der Waals surface area (Å²) >= 11 is 11.3. The highest BCUT2D eigenvalue weighted by Gasteiger charge is 2.23. The van der Waals surface area contributed by atoms with Crippen molar-refractivity contribution in [3.63, 3.8) is 0 Å². The molecule has 0 fully saturated rings. The van der Waals surface area contributed by atoms with E-state index in [1.54, 1.807) is 31.2 Å². The van der Waals surface area contributed by atoms with Crippen LogP contribution in [0.3, 0.4) is 0 Å². The minimum absolute atomic E-state index is 0.0689. The molecule has 0 radical (unpaired) electrons. The van der Waals surface area contributed by atoms with E-state index in [4.69, 9.17) is 38.8 Å². The molecule has 1 aliphatic rings. The van der Waals surface area contributed by atoms with Crippen molar-refractivity contribution in [2.75, 3.05) is 11.1 Å². The van der Waals surface area contributed by atoms with E-state index < -0.39 is 6.10 Å². The number of nitrogens with two attached hydrogens (primary N) is 1. The van der Waals surface area contributed by atoms with E-state index in [1.165, 1.54) is 12.1 Å². The maximum atomic E-state index is 11.2. The summed E-state index contributed by atoms with van der Waals surface area (Å²) < 4.78 is 5.33. The lowest BCUT2D eigenvalue weighted by Crippen LogP contribution is -2.34. The Morgan fingerprint density at radius 2 is 1.82 bits per heavy atom. The molecule has 2 aromatic rings. The number of hydrogen-bond donors (Lipinski definition) is 3. The second-order valence-electron chi connectivity index (χ2n) is 4.59. The molecule has 0 bridgehead atoms. The molecular weight excluding hydrogens is 327 g/mol. The van der Waals surface area contributed by atoms with Gasteiger partial charge in [0.1, 0.15) is 11.5 Å². The number of nitrogens with one attached hydrogen (secondary N) is 1. The van der Waals surface area contributed by atoms with E-state index in [0.717, 1.165) is 0 Å². The summed E-state index contributed by atoms with van der Waals surface area (Å²) in [4.78, 5) is 11.2. The second kappa shape index (κ2) is 6.77. The molecule has 4 N–H and O–H groups in total. The molecule has 0 aromatic heterocycles. The van der Waals surface area contributed by atoms with Crippen molar-refractivity contribution >= 4 is 40.5 Å². The Morgan fingerprint density at radius 1 is 1.18 bits per heavy atom. The van der Waals surface area contributed by atoms with Crippen LogP contribution in [0.15, 0.2) is 36.4 Å². The lowest BCUT2D eigenvalue weighted by molar-refractivity contribution is -0.122. The summed E-state index contributed by atoms with van der Waals surface area (Å²) in [6.45, 7) is 1.70. The zero-order valence-corrected chi connectivity index (χ0v) is 13.2. The molecular formula is C15H14Cl2N2O3. The molecule has 1 heterocycles. The highest BCUT2D eigenvalue weighted by Crippen LogP contribution is 2.31. The van der Waals surface area contributed by atoms with E-state index in [0.29, 0.717) is 27.2 Å². The van der Waals surface area contributed by atoms with Gasteiger partial charge >= 0.3 is 0 Å². The van der Waals surface area contributed by atoms with Gasteiger partial charge in [0, 0.05) is 10.0 Å². The summed E-state index contributed by atoms with van der Waals surface area (Å²) in [6.07, 6.45) is -0.436. The first-order valence-electron chi connectivity index (χ1n) is 6.38. The van der Waals surface area contributed by atoms with Crippen molar-refractivity contribution in [3.05, 3.63) is 46.4 Å². The second-order valence-corrected chi connectivity index (χ2v) is 5.47. The van der Waals surface area contributed by atoms with Crippen LogP contribution in [0.25, 0.3) is 0 Å². The third-order valence-corrected chi connectivity index (χ3v) is 3.33. The third-order valence-electron chi connectivity index (χ3n) is 2.86. The van der Waals surface area contributed by atoms with Crippen LogP contribution in [0, 0.1) is 0 Å². The largest absolute Gasteiger partial charge is 0.506 e. The Bertz CT molecular complexity index is 707. The zero-order chi connectivity index (χ0) is 16.3. The molecule has 116 valence electrons. The summed E-state index contributed by atoms with van der Waals surface area (Å²) in [6, 6.07) is 9.67. The molecule has 5 nitrogen and oxygen atoms in total. The first kappa shape index (κ1) is 16.3. The Kier molecular flexibility index (Phi) is 5.00. The van der Waals surface area contributed by atoms with Crippen LogP contribution in [-0.2, 0) is 4.79 Å². The molecule has 2 aromatic carbocycles. The number of aromatic hydroxyl groups is 1. The summed E-state index contributed by atoms with van der Waals surface area (Å²) in [5, 5.41) is 12.7. The highest BCUT2D eigenvalue weighted by molar-refractivity contribution is 6.31. The van der Waals surface area contributed by atoms with Gasteiger partial charge in [-0.1, -0.05) is 23.2 Å². The summed E-state index contributed by atoms with van der Waals surface area (Å²) in [7, 11) is 0. The lowest BCUT2D eigenvalue weighted by Gasteiger charge is -2.23. The number of benzene rings is 2. The molecule has 3 rings (SSSR count). The Hall–Kier alpha value is -2.11. The number of hydrogen-bond acceptors (Lipinski definition) is 4. The van der Waals surface area contributed by atoms with Crippen LogP contribution >= 0.6 is 23.2 Å². The van der Waals surface area contributed by atoms with Crippen LogP contribution in [0.5, 0.6) is 11.5 Å². The average molecular weight is 341 g/mol. The lowest BCUT2D eigenvalue weighted by atomic mass is 10.2. The molecule has 7 heteroatoms. The molecule has 0 saturated carbocycles. The number of phenolic OH excluding ortho intramolecular Hbond substituents is 1. The normalized spacial score (nSPS) is 15.8. The third kappa shape index (κ3) is 3.96. The quantitative estimate of drug-likeness (QED) is 0.504. The van der Waals surface area contributed by atoms with Crippen LogP contribution < -0.4 is 15.8 Å². The molecule has 0 spiro atoms. The molecule has 0 saturated heterocycles. The SMILES string of the molecule is CC1Oc2ccc(Cl)cc2NC1=O.Nc1cc(Cl)ccc1O. The van der Waals surface area contributed by atoms with Gasteiger partial charge in [-0.05, 0) is 43.3 Å². The molecule has 0 aliphatic carbocycles. The average Bonchev–Trinajstić information content (AvgIpc) is 2.46. The fourth-order valence-electron chi connectivity index (χ4n) is 1.71.